The van der Waals surface area contributed by atoms with Gasteiger partial charge in [-0.05, 0) is 24.1 Å². The van der Waals surface area contributed by atoms with Gasteiger partial charge in [0.05, 0.1) is 6.33 Å². The molecule has 0 spiro atoms. The molecule has 1 aromatic carbocycles. The zero-order chi connectivity index (χ0) is 21.3. The van der Waals surface area contributed by atoms with E-state index < -0.39 is 0 Å². The lowest BCUT2D eigenvalue weighted by Gasteiger charge is -2.09. The van der Waals surface area contributed by atoms with Gasteiger partial charge in [-0.2, -0.15) is 4.98 Å². The van der Waals surface area contributed by atoms with Crippen LogP contribution in [0.25, 0.3) is 33.7 Å². The number of aromatic nitrogens is 4. The number of nitrogens with two attached hydrogens (primary N) is 1. The molecule has 1 atom stereocenters. The molecule has 0 bridgehead atoms. The van der Waals surface area contributed by atoms with E-state index in [9.17, 15) is 4.79 Å². The molecular formula is C21H25N7O2. The number of amides is 1. The number of carbonyl (C=O) groups excluding carboxylic acids is 1. The summed E-state index contributed by atoms with van der Waals surface area (Å²) in [6.45, 7) is 2.38. The Hall–Kier alpha value is -3.46. The number of carbonyl (C=O) groups is 1. The fraction of sp³-hybridized carbons (Fsp3) is 0.333. The van der Waals surface area contributed by atoms with E-state index in [4.69, 9.17) is 10.2 Å². The zero-order valence-corrected chi connectivity index (χ0v) is 17.3. The molecule has 0 aliphatic carbocycles. The first-order valence-electron chi connectivity index (χ1n) is 9.91. The van der Waals surface area contributed by atoms with Crippen molar-refractivity contribution in [1.82, 2.24) is 24.8 Å². The molecule has 4 rings (SSSR count). The van der Waals surface area contributed by atoms with E-state index in [1.165, 1.54) is 0 Å². The van der Waals surface area contributed by atoms with Gasteiger partial charge in [0.15, 0.2) is 11.3 Å². The summed E-state index contributed by atoms with van der Waals surface area (Å²) >= 11 is 0. The number of benzene rings is 1. The second kappa shape index (κ2) is 8.11. The summed E-state index contributed by atoms with van der Waals surface area (Å²) in [5, 5.41) is 5.97. The van der Waals surface area contributed by atoms with Gasteiger partial charge in [0.25, 0.3) is 5.71 Å². The smallest absolute Gasteiger partial charge is 0.251 e. The summed E-state index contributed by atoms with van der Waals surface area (Å²) in [7, 11) is 3.71. The fourth-order valence-electron chi connectivity index (χ4n) is 3.35. The van der Waals surface area contributed by atoms with E-state index >= 15 is 0 Å². The van der Waals surface area contributed by atoms with Crippen LogP contribution in [0.2, 0.25) is 0 Å². The van der Waals surface area contributed by atoms with Crippen LogP contribution in [-0.4, -0.2) is 38.5 Å². The number of nitrogens with one attached hydrogen (secondary N) is 2. The molecule has 9 heteroatoms. The summed E-state index contributed by atoms with van der Waals surface area (Å²) < 4.78 is 7.87. The van der Waals surface area contributed by atoms with Crippen LogP contribution >= 0.6 is 0 Å². The quantitative estimate of drug-likeness (QED) is 0.430. The standard InChI is InChI=1S/C21H25N7O2/c1-4-14(22)9-15(29)24-10-12-6-5-7-13(8-12)20-26-17-18-16(25-11-28(18)3)19(23-2)27-21(17)30-20/h5-8,11,14H,4,9-10,22H2,1-3H3,(H,23,27)(H,24,29). The molecule has 1 amide bonds. The average Bonchev–Trinajstić information content (AvgIpc) is 3.35. The van der Waals surface area contributed by atoms with Crippen LogP contribution in [0.4, 0.5) is 5.82 Å². The number of anilines is 1. The van der Waals surface area contributed by atoms with Crippen molar-refractivity contribution in [2.75, 3.05) is 12.4 Å². The van der Waals surface area contributed by atoms with Gasteiger partial charge >= 0.3 is 0 Å². The molecule has 4 aromatic rings. The molecule has 0 radical (unpaired) electrons. The minimum atomic E-state index is -0.116. The maximum Gasteiger partial charge on any atom is 0.251 e. The lowest BCUT2D eigenvalue weighted by Crippen LogP contribution is -2.30. The van der Waals surface area contributed by atoms with Crippen molar-refractivity contribution in [2.24, 2.45) is 12.8 Å². The Labute approximate surface area is 173 Å². The number of hydrogen-bond acceptors (Lipinski definition) is 7. The second-order valence-corrected chi connectivity index (χ2v) is 7.29. The molecule has 0 fully saturated rings. The maximum atomic E-state index is 12.0. The van der Waals surface area contributed by atoms with Crippen LogP contribution in [-0.2, 0) is 18.4 Å². The van der Waals surface area contributed by atoms with E-state index in [0.29, 0.717) is 35.9 Å². The number of fused-ring (bicyclic) bond motifs is 3. The highest BCUT2D eigenvalue weighted by Crippen LogP contribution is 2.31. The zero-order valence-electron chi connectivity index (χ0n) is 17.3. The van der Waals surface area contributed by atoms with E-state index in [1.54, 1.807) is 13.4 Å². The van der Waals surface area contributed by atoms with Crippen molar-refractivity contribution in [3.05, 3.63) is 36.2 Å². The number of oxazole rings is 1. The number of rotatable bonds is 7. The molecule has 9 nitrogen and oxygen atoms in total. The van der Waals surface area contributed by atoms with Gasteiger partial charge < -0.3 is 25.4 Å². The van der Waals surface area contributed by atoms with E-state index in [-0.39, 0.29) is 11.9 Å². The van der Waals surface area contributed by atoms with Gasteiger partial charge in [0, 0.05) is 38.7 Å². The second-order valence-electron chi connectivity index (χ2n) is 7.29. The van der Waals surface area contributed by atoms with Crippen molar-refractivity contribution in [2.45, 2.75) is 32.4 Å². The Balaban J connectivity index is 1.63. The summed E-state index contributed by atoms with van der Waals surface area (Å²) in [5.74, 6) is 1.05. The van der Waals surface area contributed by atoms with Gasteiger partial charge in [-0.15, -0.1) is 0 Å². The monoisotopic (exact) mass is 407 g/mol. The largest absolute Gasteiger partial charge is 0.418 e. The first-order valence-corrected chi connectivity index (χ1v) is 9.91. The number of aryl methyl sites for hydroxylation is 1. The van der Waals surface area contributed by atoms with Crippen LogP contribution in [0.1, 0.15) is 25.3 Å². The SMILES string of the molecule is CCC(N)CC(=O)NCc1cccc(-c2nc3c(nc(NC)c4ncn(C)c43)o2)c1. The molecule has 0 aliphatic heterocycles. The van der Waals surface area contributed by atoms with Crippen LogP contribution in [0.15, 0.2) is 35.0 Å². The van der Waals surface area contributed by atoms with Crippen molar-refractivity contribution in [3.8, 4) is 11.5 Å². The molecule has 0 saturated heterocycles. The minimum absolute atomic E-state index is 0.0565. The molecule has 0 saturated carbocycles. The predicted molar refractivity (Wildman–Crippen MR) is 116 cm³/mol. The topological polar surface area (TPSA) is 124 Å². The van der Waals surface area contributed by atoms with Crippen LogP contribution in [0.3, 0.4) is 0 Å². The first kappa shape index (κ1) is 19.8. The molecule has 30 heavy (non-hydrogen) atoms. The normalized spacial score (nSPS) is 12.4. The number of imidazole rings is 1. The Bertz CT molecular complexity index is 1210. The fourth-order valence-corrected chi connectivity index (χ4v) is 3.35. The summed E-state index contributed by atoms with van der Waals surface area (Å²) in [4.78, 5) is 25.6. The van der Waals surface area contributed by atoms with Crippen LogP contribution < -0.4 is 16.4 Å². The van der Waals surface area contributed by atoms with Gasteiger partial charge in [-0.25, -0.2) is 9.97 Å². The Morgan fingerprint density at radius 3 is 2.90 bits per heavy atom. The molecular weight excluding hydrogens is 382 g/mol. The molecule has 1 unspecified atom stereocenters. The van der Waals surface area contributed by atoms with Crippen molar-refractivity contribution in [1.29, 1.82) is 0 Å². The highest BCUT2D eigenvalue weighted by molar-refractivity contribution is 6.03. The lowest BCUT2D eigenvalue weighted by atomic mass is 10.1. The predicted octanol–water partition coefficient (Wildman–Crippen LogP) is 2.56. The van der Waals surface area contributed by atoms with E-state index in [2.05, 4.69) is 25.6 Å². The average molecular weight is 407 g/mol. The summed E-state index contributed by atoms with van der Waals surface area (Å²) in [6.07, 6.45) is 2.82. The summed E-state index contributed by atoms with van der Waals surface area (Å²) in [5.41, 5.74) is 10.3. The number of nitrogens with zero attached hydrogens (tertiary/aromatic N) is 4. The number of pyridine rings is 1. The number of hydrogen-bond donors (Lipinski definition) is 3. The third-order valence-electron chi connectivity index (χ3n) is 5.08. The molecule has 0 aliphatic rings. The van der Waals surface area contributed by atoms with E-state index in [1.807, 2.05) is 42.8 Å². The Morgan fingerprint density at radius 2 is 2.13 bits per heavy atom. The maximum absolute atomic E-state index is 12.0. The highest BCUT2D eigenvalue weighted by Gasteiger charge is 2.18. The van der Waals surface area contributed by atoms with Crippen molar-refractivity contribution < 1.29 is 9.21 Å². The van der Waals surface area contributed by atoms with E-state index in [0.717, 1.165) is 28.6 Å². The van der Waals surface area contributed by atoms with Gasteiger partial charge in [0.1, 0.15) is 11.0 Å². The third-order valence-corrected chi connectivity index (χ3v) is 5.08. The van der Waals surface area contributed by atoms with Crippen molar-refractivity contribution >= 4 is 34.0 Å². The van der Waals surface area contributed by atoms with Crippen LogP contribution in [0, 0.1) is 0 Å². The highest BCUT2D eigenvalue weighted by atomic mass is 16.4. The van der Waals surface area contributed by atoms with Gasteiger partial charge in [-0.3, -0.25) is 4.79 Å². The molecule has 3 aromatic heterocycles. The van der Waals surface area contributed by atoms with Crippen molar-refractivity contribution in [3.63, 3.8) is 0 Å². The Kier molecular flexibility index (Phi) is 5.37. The lowest BCUT2D eigenvalue weighted by molar-refractivity contribution is -0.121. The molecule has 4 N–H and O–H groups in total. The van der Waals surface area contributed by atoms with Gasteiger partial charge in [0.2, 0.25) is 11.8 Å². The van der Waals surface area contributed by atoms with Crippen LogP contribution in [0.5, 0.6) is 0 Å². The minimum Gasteiger partial charge on any atom is -0.418 e. The summed E-state index contributed by atoms with van der Waals surface area (Å²) in [6, 6.07) is 7.61. The molecule has 156 valence electrons. The van der Waals surface area contributed by atoms with Gasteiger partial charge in [-0.1, -0.05) is 19.1 Å². The third kappa shape index (κ3) is 3.71. The Morgan fingerprint density at radius 1 is 1.30 bits per heavy atom. The first-order chi connectivity index (χ1) is 14.5. The molecule has 3 heterocycles.